The van der Waals surface area contributed by atoms with E-state index in [9.17, 15) is 0 Å². The molecule has 0 saturated heterocycles. The Bertz CT molecular complexity index is 711. The van der Waals surface area contributed by atoms with Crippen molar-refractivity contribution in [1.82, 2.24) is 15.0 Å². The molecule has 0 fully saturated rings. The number of aromatic amines is 1. The fourth-order valence-electron chi connectivity index (χ4n) is 2.16. The number of hydrogen-bond donors (Lipinski definition) is 2. The van der Waals surface area contributed by atoms with Crippen molar-refractivity contribution in [3.8, 4) is 11.4 Å². The number of nitrogens with zero attached hydrogens (tertiary/aromatic N) is 2. The van der Waals surface area contributed by atoms with Gasteiger partial charge in [0, 0.05) is 16.9 Å². The predicted octanol–water partition coefficient (Wildman–Crippen LogP) is 2.95. The largest absolute Gasteiger partial charge is 0.353 e. The third kappa shape index (κ3) is 2.11. The van der Waals surface area contributed by atoms with Gasteiger partial charge in [0.05, 0.1) is 23.8 Å². The van der Waals surface area contributed by atoms with Crippen molar-refractivity contribution in [2.45, 2.75) is 19.9 Å². The van der Waals surface area contributed by atoms with Crippen LogP contribution in [0.2, 0.25) is 0 Å². The molecule has 4 nitrogen and oxygen atoms in total. The molecule has 0 bridgehead atoms. The zero-order valence-corrected chi connectivity index (χ0v) is 11.0. The zero-order valence-electron chi connectivity index (χ0n) is 11.0. The van der Waals surface area contributed by atoms with Gasteiger partial charge >= 0.3 is 0 Å². The first kappa shape index (κ1) is 11.9. The summed E-state index contributed by atoms with van der Waals surface area (Å²) in [6, 6.07) is 8.24. The van der Waals surface area contributed by atoms with Gasteiger partial charge in [-0.1, -0.05) is 18.2 Å². The fraction of sp³-hybridized carbons (Fsp3) is 0.200. The van der Waals surface area contributed by atoms with Crippen LogP contribution in [0.4, 0.5) is 0 Å². The van der Waals surface area contributed by atoms with Gasteiger partial charge in [0.15, 0.2) is 0 Å². The molecule has 1 atom stereocenters. The van der Waals surface area contributed by atoms with E-state index in [1.54, 1.807) is 12.4 Å². The smallest absolute Gasteiger partial charge is 0.105 e. The van der Waals surface area contributed by atoms with Crippen LogP contribution in [0.25, 0.3) is 22.3 Å². The maximum absolute atomic E-state index is 5.77. The molecule has 3 rings (SSSR count). The van der Waals surface area contributed by atoms with Gasteiger partial charge < -0.3 is 10.7 Å². The summed E-state index contributed by atoms with van der Waals surface area (Å²) in [5.41, 5.74) is 10.8. The number of H-pyrrole nitrogens is 1. The average molecular weight is 252 g/mol. The van der Waals surface area contributed by atoms with Gasteiger partial charge in [0.25, 0.3) is 0 Å². The second-order valence-corrected chi connectivity index (χ2v) is 4.84. The van der Waals surface area contributed by atoms with Gasteiger partial charge in [-0.3, -0.25) is 9.97 Å². The first-order valence-electron chi connectivity index (χ1n) is 6.31. The number of nitrogens with two attached hydrogens (primary N) is 1. The predicted molar refractivity (Wildman–Crippen MR) is 76.7 cm³/mol. The van der Waals surface area contributed by atoms with E-state index in [1.165, 1.54) is 10.9 Å². The van der Waals surface area contributed by atoms with Crippen molar-refractivity contribution in [2.24, 2.45) is 5.73 Å². The standard InChI is InChI=1S/C15H16N4/c1-9-4-3-5-11-6-12(19-15(9)11)14-8-17-13(7-18-14)10(2)16/h3-8,10,19H,16H2,1-2H3. The van der Waals surface area contributed by atoms with Crippen LogP contribution >= 0.6 is 0 Å². The van der Waals surface area contributed by atoms with Crippen molar-refractivity contribution < 1.29 is 0 Å². The van der Waals surface area contributed by atoms with E-state index in [0.29, 0.717) is 0 Å². The number of para-hydroxylation sites is 1. The summed E-state index contributed by atoms with van der Waals surface area (Å²) in [6.07, 6.45) is 3.50. The maximum Gasteiger partial charge on any atom is 0.105 e. The zero-order chi connectivity index (χ0) is 13.4. The molecule has 0 amide bonds. The second kappa shape index (κ2) is 4.48. The van der Waals surface area contributed by atoms with Crippen molar-refractivity contribution in [2.75, 3.05) is 0 Å². The first-order valence-corrected chi connectivity index (χ1v) is 6.31. The topological polar surface area (TPSA) is 67.6 Å². The van der Waals surface area contributed by atoms with Crippen LogP contribution in [-0.4, -0.2) is 15.0 Å². The molecule has 2 heterocycles. The highest BCUT2D eigenvalue weighted by Crippen LogP contribution is 2.24. The summed E-state index contributed by atoms with van der Waals surface area (Å²) < 4.78 is 0. The summed E-state index contributed by atoms with van der Waals surface area (Å²) >= 11 is 0. The summed E-state index contributed by atoms with van der Waals surface area (Å²) in [4.78, 5) is 12.2. The Morgan fingerprint density at radius 1 is 1.21 bits per heavy atom. The molecule has 3 aromatic rings. The van der Waals surface area contributed by atoms with Crippen LogP contribution in [-0.2, 0) is 0 Å². The van der Waals surface area contributed by atoms with Crippen LogP contribution in [0, 0.1) is 6.92 Å². The number of rotatable bonds is 2. The minimum absolute atomic E-state index is 0.0912. The van der Waals surface area contributed by atoms with E-state index >= 15 is 0 Å². The molecular weight excluding hydrogens is 236 g/mol. The molecule has 4 heteroatoms. The second-order valence-electron chi connectivity index (χ2n) is 4.84. The highest BCUT2D eigenvalue weighted by atomic mass is 14.9. The Kier molecular flexibility index (Phi) is 2.80. The van der Waals surface area contributed by atoms with Gasteiger partial charge in [-0.2, -0.15) is 0 Å². The van der Waals surface area contributed by atoms with Gasteiger partial charge in [0.1, 0.15) is 5.69 Å². The normalized spacial score (nSPS) is 12.8. The number of aryl methyl sites for hydroxylation is 1. The third-order valence-electron chi connectivity index (χ3n) is 3.28. The Morgan fingerprint density at radius 3 is 2.68 bits per heavy atom. The van der Waals surface area contributed by atoms with Gasteiger partial charge in [-0.25, -0.2) is 0 Å². The lowest BCUT2D eigenvalue weighted by Crippen LogP contribution is -2.07. The highest BCUT2D eigenvalue weighted by molar-refractivity contribution is 5.87. The molecule has 0 radical (unpaired) electrons. The highest BCUT2D eigenvalue weighted by Gasteiger charge is 2.07. The van der Waals surface area contributed by atoms with Gasteiger partial charge in [0.2, 0.25) is 0 Å². The summed E-state index contributed by atoms with van der Waals surface area (Å²) in [5.74, 6) is 0. The van der Waals surface area contributed by atoms with E-state index in [4.69, 9.17) is 5.73 Å². The minimum atomic E-state index is -0.0912. The van der Waals surface area contributed by atoms with Crippen LogP contribution in [0.15, 0.2) is 36.7 Å². The Labute approximate surface area is 111 Å². The van der Waals surface area contributed by atoms with Crippen LogP contribution < -0.4 is 5.73 Å². The number of nitrogens with one attached hydrogen (secondary N) is 1. The summed E-state index contributed by atoms with van der Waals surface area (Å²) in [7, 11) is 0. The molecule has 2 aromatic heterocycles. The lowest BCUT2D eigenvalue weighted by atomic mass is 10.2. The van der Waals surface area contributed by atoms with Crippen LogP contribution in [0.5, 0.6) is 0 Å². The monoisotopic (exact) mass is 252 g/mol. The Balaban J connectivity index is 2.06. The van der Waals surface area contributed by atoms with Crippen molar-refractivity contribution in [3.05, 3.63) is 47.9 Å². The molecule has 3 N–H and O–H groups in total. The molecule has 0 saturated carbocycles. The lowest BCUT2D eigenvalue weighted by molar-refractivity contribution is 0.773. The van der Waals surface area contributed by atoms with Crippen LogP contribution in [0.1, 0.15) is 24.2 Å². The van der Waals surface area contributed by atoms with E-state index in [2.05, 4.69) is 46.1 Å². The molecule has 0 spiro atoms. The fourth-order valence-corrected chi connectivity index (χ4v) is 2.16. The van der Waals surface area contributed by atoms with Crippen molar-refractivity contribution in [3.63, 3.8) is 0 Å². The summed E-state index contributed by atoms with van der Waals surface area (Å²) in [6.45, 7) is 3.99. The molecule has 0 aliphatic carbocycles. The molecule has 0 aliphatic rings. The molecule has 19 heavy (non-hydrogen) atoms. The van der Waals surface area contributed by atoms with E-state index in [0.717, 1.165) is 22.6 Å². The molecule has 0 aliphatic heterocycles. The quantitative estimate of drug-likeness (QED) is 0.736. The number of aromatic nitrogens is 3. The third-order valence-corrected chi connectivity index (χ3v) is 3.28. The molecule has 1 unspecified atom stereocenters. The Hall–Kier alpha value is -2.20. The summed E-state index contributed by atoms with van der Waals surface area (Å²) in [5, 5.41) is 1.19. The van der Waals surface area contributed by atoms with E-state index in [1.807, 2.05) is 6.92 Å². The number of benzene rings is 1. The average Bonchev–Trinajstić information content (AvgIpc) is 2.84. The van der Waals surface area contributed by atoms with Gasteiger partial charge in [-0.05, 0) is 25.5 Å². The van der Waals surface area contributed by atoms with Crippen molar-refractivity contribution >= 4 is 10.9 Å². The van der Waals surface area contributed by atoms with Gasteiger partial charge in [-0.15, -0.1) is 0 Å². The molecule has 1 aromatic carbocycles. The Morgan fingerprint density at radius 2 is 2.05 bits per heavy atom. The van der Waals surface area contributed by atoms with Crippen molar-refractivity contribution in [1.29, 1.82) is 0 Å². The SMILES string of the molecule is Cc1cccc2cc(-c3cnc(C(C)N)cn3)[nH]c12. The lowest BCUT2D eigenvalue weighted by Gasteiger charge is -2.03. The molecule has 96 valence electrons. The maximum atomic E-state index is 5.77. The van der Waals surface area contributed by atoms with Crippen LogP contribution in [0.3, 0.4) is 0 Å². The number of hydrogen-bond acceptors (Lipinski definition) is 3. The molecular formula is C15H16N4. The van der Waals surface area contributed by atoms with E-state index < -0.39 is 0 Å². The number of fused-ring (bicyclic) bond motifs is 1. The minimum Gasteiger partial charge on any atom is -0.353 e. The first-order chi connectivity index (χ1) is 9.15. The van der Waals surface area contributed by atoms with E-state index in [-0.39, 0.29) is 6.04 Å².